The maximum atomic E-state index is 12.6. The lowest BCUT2D eigenvalue weighted by atomic mass is 10.0. The smallest absolute Gasteiger partial charge is 0.341 e. The summed E-state index contributed by atoms with van der Waals surface area (Å²) in [5, 5.41) is 5.80. The third-order valence-corrected chi connectivity index (χ3v) is 6.19. The van der Waals surface area contributed by atoms with Crippen LogP contribution in [0.2, 0.25) is 5.02 Å². The number of thiophene rings is 1. The maximum Gasteiger partial charge on any atom is 0.341 e. The molecule has 1 aromatic heterocycles. The number of amides is 1. The fourth-order valence-electron chi connectivity index (χ4n) is 3.18. The molecule has 0 bridgehead atoms. The Bertz CT molecular complexity index is 1090. The van der Waals surface area contributed by atoms with E-state index in [2.05, 4.69) is 5.32 Å². The lowest BCUT2D eigenvalue weighted by Gasteiger charge is -2.11. The first-order valence-electron chi connectivity index (χ1n) is 10.4. The van der Waals surface area contributed by atoms with Crippen molar-refractivity contribution in [1.82, 2.24) is 0 Å². The van der Waals surface area contributed by atoms with Gasteiger partial charge in [-0.05, 0) is 62.1 Å². The van der Waals surface area contributed by atoms with Crippen molar-refractivity contribution in [3.8, 4) is 16.9 Å². The van der Waals surface area contributed by atoms with E-state index in [1.807, 2.05) is 49.6 Å². The van der Waals surface area contributed by atoms with E-state index in [0.29, 0.717) is 34.2 Å². The van der Waals surface area contributed by atoms with Gasteiger partial charge in [-0.2, -0.15) is 0 Å². The Labute approximate surface area is 197 Å². The van der Waals surface area contributed by atoms with Crippen molar-refractivity contribution in [2.24, 2.45) is 0 Å². The Balaban J connectivity index is 1.65. The lowest BCUT2D eigenvalue weighted by Crippen LogP contribution is -2.15. The number of hydrogen-bond acceptors (Lipinski definition) is 5. The Hall–Kier alpha value is -2.83. The summed E-state index contributed by atoms with van der Waals surface area (Å²) in [6, 6.07) is 13.1. The highest BCUT2D eigenvalue weighted by atomic mass is 35.5. The molecule has 0 saturated heterocycles. The first-order chi connectivity index (χ1) is 15.4. The van der Waals surface area contributed by atoms with E-state index in [0.717, 1.165) is 16.9 Å². The van der Waals surface area contributed by atoms with E-state index in [1.54, 1.807) is 19.1 Å². The van der Waals surface area contributed by atoms with Crippen LogP contribution in [0.3, 0.4) is 0 Å². The van der Waals surface area contributed by atoms with Crippen LogP contribution in [0.5, 0.6) is 5.75 Å². The number of nitrogens with one attached hydrogen (secondary N) is 1. The molecule has 0 radical (unpaired) electrons. The Morgan fingerprint density at radius 2 is 1.84 bits per heavy atom. The summed E-state index contributed by atoms with van der Waals surface area (Å²) >= 11 is 7.29. The molecule has 0 unspecified atom stereocenters. The highest BCUT2D eigenvalue weighted by Gasteiger charge is 2.22. The molecule has 2 aromatic carbocycles. The predicted molar refractivity (Wildman–Crippen MR) is 130 cm³/mol. The molecule has 0 aliphatic carbocycles. The van der Waals surface area contributed by atoms with E-state index < -0.39 is 5.97 Å². The van der Waals surface area contributed by atoms with Crippen LogP contribution in [-0.2, 0) is 9.53 Å². The molecule has 3 aromatic rings. The number of rotatable bonds is 9. The standard InChI is InChI=1S/C25H26ClNO4S/c1-4-30-25(29)23-20(18-10-12-19(26)13-11-18)15-32-24(23)27-22(28)9-6-14-31-21-8-5-7-16(2)17(21)3/h5,7-8,10-13,15H,4,6,9,14H2,1-3H3,(H,27,28). The van der Waals surface area contributed by atoms with Crippen LogP contribution < -0.4 is 10.1 Å². The van der Waals surface area contributed by atoms with Gasteiger partial charge in [0.05, 0.1) is 13.2 Å². The summed E-state index contributed by atoms with van der Waals surface area (Å²) in [5.74, 6) is 0.192. The van der Waals surface area contributed by atoms with Crippen molar-refractivity contribution in [2.75, 3.05) is 18.5 Å². The van der Waals surface area contributed by atoms with Gasteiger partial charge in [0.1, 0.15) is 16.3 Å². The number of carbonyl (C=O) groups excluding carboxylic acids is 2. The fourth-order valence-corrected chi connectivity index (χ4v) is 4.28. The van der Waals surface area contributed by atoms with E-state index in [9.17, 15) is 9.59 Å². The molecule has 0 aliphatic rings. The van der Waals surface area contributed by atoms with Gasteiger partial charge < -0.3 is 14.8 Å². The highest BCUT2D eigenvalue weighted by Crippen LogP contribution is 2.36. The summed E-state index contributed by atoms with van der Waals surface area (Å²) in [5.41, 5.74) is 4.17. The average molecular weight is 472 g/mol. The topological polar surface area (TPSA) is 64.6 Å². The number of halogens is 1. The molecule has 5 nitrogen and oxygen atoms in total. The normalized spacial score (nSPS) is 10.6. The second-order valence-corrected chi connectivity index (χ2v) is 8.60. The molecule has 0 fully saturated rings. The Kier molecular flexibility index (Phi) is 8.31. The van der Waals surface area contributed by atoms with Gasteiger partial charge in [-0.25, -0.2) is 4.79 Å². The molecule has 1 heterocycles. The molecule has 3 rings (SSSR count). The van der Waals surface area contributed by atoms with Crippen LogP contribution in [0.25, 0.3) is 11.1 Å². The van der Waals surface area contributed by atoms with Crippen LogP contribution in [-0.4, -0.2) is 25.1 Å². The minimum absolute atomic E-state index is 0.176. The molecule has 0 atom stereocenters. The van der Waals surface area contributed by atoms with Crippen LogP contribution in [0.4, 0.5) is 5.00 Å². The van der Waals surface area contributed by atoms with Crippen molar-refractivity contribution in [1.29, 1.82) is 0 Å². The Morgan fingerprint density at radius 3 is 2.56 bits per heavy atom. The lowest BCUT2D eigenvalue weighted by molar-refractivity contribution is -0.116. The first kappa shape index (κ1) is 23.8. The van der Waals surface area contributed by atoms with Crippen LogP contribution in [0.15, 0.2) is 47.8 Å². The predicted octanol–water partition coefficient (Wildman–Crippen LogP) is 6.66. The maximum absolute atomic E-state index is 12.6. The zero-order chi connectivity index (χ0) is 23.1. The van der Waals surface area contributed by atoms with Gasteiger partial charge in [-0.15, -0.1) is 11.3 Å². The van der Waals surface area contributed by atoms with Gasteiger partial charge in [0, 0.05) is 22.4 Å². The third-order valence-electron chi connectivity index (χ3n) is 5.04. The average Bonchev–Trinajstić information content (AvgIpc) is 3.18. The molecule has 0 spiro atoms. The molecule has 0 saturated carbocycles. The van der Waals surface area contributed by atoms with E-state index in [-0.39, 0.29) is 18.9 Å². The van der Waals surface area contributed by atoms with Gasteiger partial charge in [-0.3, -0.25) is 4.79 Å². The first-order valence-corrected chi connectivity index (χ1v) is 11.7. The van der Waals surface area contributed by atoms with Gasteiger partial charge in [0.25, 0.3) is 0 Å². The summed E-state index contributed by atoms with van der Waals surface area (Å²) in [6.07, 6.45) is 0.838. The number of carbonyl (C=O) groups is 2. The van der Waals surface area contributed by atoms with Crippen molar-refractivity contribution < 1.29 is 19.1 Å². The highest BCUT2D eigenvalue weighted by molar-refractivity contribution is 7.15. The molecular formula is C25H26ClNO4S. The Morgan fingerprint density at radius 1 is 1.09 bits per heavy atom. The fraction of sp³-hybridized carbons (Fsp3) is 0.280. The minimum Gasteiger partial charge on any atom is -0.493 e. The quantitative estimate of drug-likeness (QED) is 0.280. The third kappa shape index (κ3) is 5.90. The second-order valence-electron chi connectivity index (χ2n) is 7.28. The molecular weight excluding hydrogens is 446 g/mol. The molecule has 1 N–H and O–H groups in total. The number of ether oxygens (including phenoxy) is 2. The largest absolute Gasteiger partial charge is 0.493 e. The van der Waals surface area contributed by atoms with Crippen LogP contribution >= 0.6 is 22.9 Å². The van der Waals surface area contributed by atoms with E-state index in [1.165, 1.54) is 16.9 Å². The van der Waals surface area contributed by atoms with Gasteiger partial charge in [-0.1, -0.05) is 35.9 Å². The van der Waals surface area contributed by atoms with Crippen molar-refractivity contribution in [3.05, 3.63) is 69.6 Å². The van der Waals surface area contributed by atoms with Crippen LogP contribution in [0, 0.1) is 13.8 Å². The van der Waals surface area contributed by atoms with Gasteiger partial charge in [0.15, 0.2) is 0 Å². The number of esters is 1. The van der Waals surface area contributed by atoms with Gasteiger partial charge >= 0.3 is 5.97 Å². The summed E-state index contributed by atoms with van der Waals surface area (Å²) in [6.45, 7) is 6.49. The van der Waals surface area contributed by atoms with Gasteiger partial charge in [0.2, 0.25) is 5.91 Å². The second kappa shape index (κ2) is 11.2. The van der Waals surface area contributed by atoms with E-state index >= 15 is 0 Å². The minimum atomic E-state index is -0.466. The summed E-state index contributed by atoms with van der Waals surface area (Å²) in [4.78, 5) is 25.2. The number of benzene rings is 2. The monoisotopic (exact) mass is 471 g/mol. The SMILES string of the molecule is CCOC(=O)c1c(-c2ccc(Cl)cc2)csc1NC(=O)CCCOc1cccc(C)c1C. The van der Waals surface area contributed by atoms with Crippen molar-refractivity contribution in [3.63, 3.8) is 0 Å². The molecule has 0 aliphatic heterocycles. The number of anilines is 1. The molecule has 1 amide bonds. The summed E-state index contributed by atoms with van der Waals surface area (Å²) in [7, 11) is 0. The molecule has 32 heavy (non-hydrogen) atoms. The van der Waals surface area contributed by atoms with Crippen molar-refractivity contribution in [2.45, 2.75) is 33.6 Å². The number of aryl methyl sites for hydroxylation is 1. The van der Waals surface area contributed by atoms with Crippen molar-refractivity contribution >= 4 is 39.8 Å². The number of hydrogen-bond donors (Lipinski definition) is 1. The molecule has 7 heteroatoms. The summed E-state index contributed by atoms with van der Waals surface area (Å²) < 4.78 is 11.1. The zero-order valence-electron chi connectivity index (χ0n) is 18.4. The molecule has 168 valence electrons. The van der Waals surface area contributed by atoms with Crippen LogP contribution in [0.1, 0.15) is 41.3 Å². The zero-order valence-corrected chi connectivity index (χ0v) is 19.9. The van der Waals surface area contributed by atoms with E-state index in [4.69, 9.17) is 21.1 Å².